The van der Waals surface area contributed by atoms with E-state index in [1.54, 1.807) is 0 Å². The molecule has 0 fully saturated rings. The molecule has 15 heavy (non-hydrogen) atoms. The summed E-state index contributed by atoms with van der Waals surface area (Å²) in [6, 6.07) is 2.08. The van der Waals surface area contributed by atoms with E-state index in [0.29, 0.717) is 0 Å². The first-order valence-corrected chi connectivity index (χ1v) is 5.79. The molecule has 0 bridgehead atoms. The first kappa shape index (κ1) is 12.2. The van der Waals surface area contributed by atoms with Gasteiger partial charge in [-0.3, -0.25) is 4.68 Å². The lowest BCUT2D eigenvalue weighted by molar-refractivity contribution is 0.393. The maximum absolute atomic E-state index is 4.15. The molecular formula is C12H23N3. The highest BCUT2D eigenvalue weighted by atomic mass is 15.3. The van der Waals surface area contributed by atoms with Crippen LogP contribution in [0.5, 0.6) is 0 Å². The topological polar surface area (TPSA) is 29.9 Å². The fourth-order valence-electron chi connectivity index (χ4n) is 1.43. The second-order valence-corrected chi connectivity index (χ2v) is 4.62. The van der Waals surface area contributed by atoms with Crippen molar-refractivity contribution in [2.45, 2.75) is 27.2 Å². The van der Waals surface area contributed by atoms with Crippen LogP contribution in [0.25, 0.3) is 0 Å². The Morgan fingerprint density at radius 3 is 2.67 bits per heavy atom. The summed E-state index contributed by atoms with van der Waals surface area (Å²) in [5, 5.41) is 7.64. The van der Waals surface area contributed by atoms with E-state index < -0.39 is 0 Å². The van der Waals surface area contributed by atoms with Gasteiger partial charge in [-0.2, -0.15) is 5.10 Å². The SMILES string of the molecule is CC(C)C(C)CNCCc1ccnn1C. The molecule has 0 aromatic carbocycles. The van der Waals surface area contributed by atoms with Gasteiger partial charge in [0, 0.05) is 31.9 Å². The van der Waals surface area contributed by atoms with Gasteiger partial charge in [-0.05, 0) is 24.4 Å². The van der Waals surface area contributed by atoms with Crippen LogP contribution in [0.1, 0.15) is 26.5 Å². The standard InChI is InChI=1S/C12H23N3/c1-10(2)11(3)9-13-7-5-12-6-8-14-15(12)4/h6,8,10-11,13H,5,7,9H2,1-4H3. The predicted octanol–water partition coefficient (Wildman–Crippen LogP) is 1.84. The molecule has 3 heteroatoms. The second-order valence-electron chi connectivity index (χ2n) is 4.62. The van der Waals surface area contributed by atoms with Crippen molar-refractivity contribution in [3.8, 4) is 0 Å². The zero-order valence-corrected chi connectivity index (χ0v) is 10.3. The van der Waals surface area contributed by atoms with E-state index in [9.17, 15) is 0 Å². The number of aromatic nitrogens is 2. The van der Waals surface area contributed by atoms with Gasteiger partial charge in [-0.15, -0.1) is 0 Å². The lowest BCUT2D eigenvalue weighted by atomic mass is 9.98. The zero-order chi connectivity index (χ0) is 11.3. The average Bonchev–Trinajstić information content (AvgIpc) is 2.58. The third-order valence-electron chi connectivity index (χ3n) is 3.08. The van der Waals surface area contributed by atoms with Crippen molar-refractivity contribution >= 4 is 0 Å². The van der Waals surface area contributed by atoms with Gasteiger partial charge in [0.05, 0.1) is 0 Å². The number of hydrogen-bond donors (Lipinski definition) is 1. The second kappa shape index (κ2) is 5.91. The summed E-state index contributed by atoms with van der Waals surface area (Å²) in [5.74, 6) is 1.51. The third-order valence-corrected chi connectivity index (χ3v) is 3.08. The van der Waals surface area contributed by atoms with Crippen molar-refractivity contribution in [1.29, 1.82) is 0 Å². The molecule has 0 radical (unpaired) electrons. The Kier molecular flexibility index (Phi) is 4.82. The van der Waals surface area contributed by atoms with Crippen LogP contribution in [0.3, 0.4) is 0 Å². The maximum Gasteiger partial charge on any atom is 0.0492 e. The minimum absolute atomic E-state index is 0.747. The fraction of sp³-hybridized carbons (Fsp3) is 0.750. The van der Waals surface area contributed by atoms with Crippen LogP contribution in [-0.2, 0) is 13.5 Å². The first-order chi connectivity index (χ1) is 7.11. The predicted molar refractivity (Wildman–Crippen MR) is 63.8 cm³/mol. The van der Waals surface area contributed by atoms with Gasteiger partial charge in [0.1, 0.15) is 0 Å². The summed E-state index contributed by atoms with van der Waals surface area (Å²) >= 11 is 0. The van der Waals surface area contributed by atoms with Crippen molar-refractivity contribution in [2.75, 3.05) is 13.1 Å². The zero-order valence-electron chi connectivity index (χ0n) is 10.3. The molecule has 0 aliphatic heterocycles. The minimum Gasteiger partial charge on any atom is -0.316 e. The van der Waals surface area contributed by atoms with Crippen LogP contribution in [0, 0.1) is 11.8 Å². The molecular weight excluding hydrogens is 186 g/mol. The fourth-order valence-corrected chi connectivity index (χ4v) is 1.43. The Balaban J connectivity index is 2.15. The van der Waals surface area contributed by atoms with Gasteiger partial charge in [-0.25, -0.2) is 0 Å². The number of hydrogen-bond acceptors (Lipinski definition) is 2. The van der Waals surface area contributed by atoms with Gasteiger partial charge in [0.15, 0.2) is 0 Å². The highest BCUT2D eigenvalue weighted by Crippen LogP contribution is 2.07. The summed E-state index contributed by atoms with van der Waals surface area (Å²) in [4.78, 5) is 0. The van der Waals surface area contributed by atoms with Crippen LogP contribution in [0.15, 0.2) is 12.3 Å². The molecule has 1 aromatic heterocycles. The van der Waals surface area contributed by atoms with E-state index in [0.717, 1.165) is 31.3 Å². The van der Waals surface area contributed by atoms with E-state index in [4.69, 9.17) is 0 Å². The molecule has 1 heterocycles. The van der Waals surface area contributed by atoms with Crippen LogP contribution in [0.2, 0.25) is 0 Å². The Hall–Kier alpha value is -0.830. The van der Waals surface area contributed by atoms with Crippen LogP contribution >= 0.6 is 0 Å². The summed E-state index contributed by atoms with van der Waals surface area (Å²) in [5.41, 5.74) is 1.29. The Morgan fingerprint density at radius 1 is 1.40 bits per heavy atom. The Bertz CT molecular complexity index is 278. The monoisotopic (exact) mass is 209 g/mol. The summed E-state index contributed by atoms with van der Waals surface area (Å²) in [6.45, 7) is 8.98. The third kappa shape index (κ3) is 4.04. The molecule has 0 spiro atoms. The summed E-state index contributed by atoms with van der Waals surface area (Å²) in [7, 11) is 1.99. The van der Waals surface area contributed by atoms with Crippen molar-refractivity contribution in [3.05, 3.63) is 18.0 Å². The average molecular weight is 209 g/mol. The van der Waals surface area contributed by atoms with Crippen LogP contribution in [-0.4, -0.2) is 22.9 Å². The highest BCUT2D eigenvalue weighted by Gasteiger charge is 2.05. The van der Waals surface area contributed by atoms with E-state index in [1.807, 2.05) is 17.9 Å². The number of rotatable bonds is 6. The van der Waals surface area contributed by atoms with Gasteiger partial charge >= 0.3 is 0 Å². The highest BCUT2D eigenvalue weighted by molar-refractivity contribution is 5.00. The quantitative estimate of drug-likeness (QED) is 0.725. The van der Waals surface area contributed by atoms with E-state index in [-0.39, 0.29) is 0 Å². The van der Waals surface area contributed by atoms with Crippen LogP contribution in [0.4, 0.5) is 0 Å². The van der Waals surface area contributed by atoms with E-state index >= 15 is 0 Å². The molecule has 86 valence electrons. The van der Waals surface area contributed by atoms with Gasteiger partial charge in [0.2, 0.25) is 0 Å². The maximum atomic E-state index is 4.15. The molecule has 0 saturated carbocycles. The van der Waals surface area contributed by atoms with Gasteiger partial charge < -0.3 is 5.32 Å². The van der Waals surface area contributed by atoms with Crippen molar-refractivity contribution < 1.29 is 0 Å². The number of aryl methyl sites for hydroxylation is 1. The van der Waals surface area contributed by atoms with Gasteiger partial charge in [-0.1, -0.05) is 20.8 Å². The smallest absolute Gasteiger partial charge is 0.0492 e. The molecule has 0 aliphatic rings. The Morgan fingerprint density at radius 2 is 2.13 bits per heavy atom. The molecule has 1 N–H and O–H groups in total. The van der Waals surface area contributed by atoms with Crippen molar-refractivity contribution in [3.63, 3.8) is 0 Å². The van der Waals surface area contributed by atoms with E-state index in [2.05, 4.69) is 37.3 Å². The molecule has 1 atom stereocenters. The molecule has 0 saturated heterocycles. The normalized spacial score (nSPS) is 13.4. The number of nitrogens with zero attached hydrogens (tertiary/aromatic N) is 2. The molecule has 3 nitrogen and oxygen atoms in total. The van der Waals surface area contributed by atoms with Gasteiger partial charge in [0.25, 0.3) is 0 Å². The first-order valence-electron chi connectivity index (χ1n) is 5.79. The Labute approximate surface area is 92.9 Å². The van der Waals surface area contributed by atoms with E-state index in [1.165, 1.54) is 5.69 Å². The summed E-state index contributed by atoms with van der Waals surface area (Å²) < 4.78 is 1.94. The molecule has 0 aliphatic carbocycles. The van der Waals surface area contributed by atoms with Crippen molar-refractivity contribution in [2.24, 2.45) is 18.9 Å². The minimum atomic E-state index is 0.747. The molecule has 0 amide bonds. The molecule has 1 unspecified atom stereocenters. The van der Waals surface area contributed by atoms with Crippen molar-refractivity contribution in [1.82, 2.24) is 15.1 Å². The lowest BCUT2D eigenvalue weighted by Gasteiger charge is -2.15. The largest absolute Gasteiger partial charge is 0.316 e. The summed E-state index contributed by atoms with van der Waals surface area (Å²) in [6.07, 6.45) is 2.91. The number of nitrogens with one attached hydrogen (secondary N) is 1. The molecule has 1 aromatic rings. The lowest BCUT2D eigenvalue weighted by Crippen LogP contribution is -2.26. The molecule has 1 rings (SSSR count). The van der Waals surface area contributed by atoms with Crippen LogP contribution < -0.4 is 5.32 Å².